The predicted molar refractivity (Wildman–Crippen MR) is 160 cm³/mol. The first kappa shape index (κ1) is 30.8. The van der Waals surface area contributed by atoms with Crippen LogP contribution in [-0.2, 0) is 19.2 Å². The lowest BCUT2D eigenvalue weighted by Gasteiger charge is -2.39. The topological polar surface area (TPSA) is 161 Å². The van der Waals surface area contributed by atoms with Crippen molar-refractivity contribution in [3.8, 4) is 0 Å². The van der Waals surface area contributed by atoms with Gasteiger partial charge in [0.2, 0.25) is 17.7 Å². The average Bonchev–Trinajstić information content (AvgIpc) is 3.53. The van der Waals surface area contributed by atoms with Gasteiger partial charge >= 0.3 is 5.97 Å². The third kappa shape index (κ3) is 7.31. The van der Waals surface area contributed by atoms with Crippen molar-refractivity contribution >= 4 is 52.1 Å². The summed E-state index contributed by atoms with van der Waals surface area (Å²) in [6, 6.07) is 4.66. The smallest absolute Gasteiger partial charge is 0.326 e. The number of carbonyl (C=O) groups excluding carboxylic acids is 4. The lowest BCUT2D eigenvalue weighted by atomic mass is 9.82. The number of nitrogens with zero attached hydrogens (tertiary/aromatic N) is 1. The number of hydrogen-bond donors (Lipinski definition) is 5. The Morgan fingerprint density at radius 3 is 2.44 bits per heavy atom. The minimum Gasteiger partial charge on any atom is -0.480 e. The fourth-order valence-corrected chi connectivity index (χ4v) is 7.16. The maximum absolute atomic E-state index is 13.6. The quantitative estimate of drug-likeness (QED) is 0.291. The molecule has 2 aliphatic heterocycles. The molecular weight excluding hydrogens is 574 g/mol. The molecule has 0 bridgehead atoms. The standard InChI is InChI=1S/C31H40ClN5O6/c1-18(38)37-11-9-31(10-12-37)17-21(27(39)36-31)16-26(30(42)43)35-28(40)24(13-19-5-3-2-4-6-19)34-29(41)25-15-20-14-22(32)7-8-23(20)33-25/h7-8,14-15,19,21,24,26,33H,2-6,9-13,16-17H2,1H3,(H,34,41)(H,35,40)(H,36,39)(H,42,43)/t21?,24-,26?/m0/s1. The maximum Gasteiger partial charge on any atom is 0.326 e. The summed E-state index contributed by atoms with van der Waals surface area (Å²) in [6.07, 6.45) is 7.12. The summed E-state index contributed by atoms with van der Waals surface area (Å²) in [5.41, 5.74) is 0.535. The Bertz CT molecular complexity index is 1390. The molecule has 0 radical (unpaired) electrons. The molecule has 1 aliphatic carbocycles. The number of piperidine rings is 1. The van der Waals surface area contributed by atoms with E-state index in [4.69, 9.17) is 11.6 Å². The molecule has 1 saturated carbocycles. The normalized spacial score (nSPS) is 21.8. The van der Waals surface area contributed by atoms with E-state index in [9.17, 15) is 29.1 Å². The van der Waals surface area contributed by atoms with Crippen molar-refractivity contribution in [3.63, 3.8) is 0 Å². The molecule has 5 rings (SSSR count). The van der Waals surface area contributed by atoms with Crippen LogP contribution in [0.25, 0.3) is 10.9 Å². The highest BCUT2D eigenvalue weighted by molar-refractivity contribution is 6.31. The van der Waals surface area contributed by atoms with Gasteiger partial charge < -0.3 is 30.9 Å². The number of nitrogens with one attached hydrogen (secondary N) is 4. The number of aliphatic carboxylic acids is 1. The molecule has 4 amide bonds. The second-order valence-corrected chi connectivity index (χ2v) is 12.9. The SMILES string of the molecule is CC(=O)N1CCC2(CC1)CC(CC(NC(=O)[C@H](CC1CCCCC1)NC(=O)c1cc3cc(Cl)ccc3[nH]1)C(=O)O)C(=O)N2. The van der Waals surface area contributed by atoms with Gasteiger partial charge in [0.1, 0.15) is 17.8 Å². The van der Waals surface area contributed by atoms with Crippen LogP contribution in [0.2, 0.25) is 5.02 Å². The highest BCUT2D eigenvalue weighted by atomic mass is 35.5. The average molecular weight is 614 g/mol. The number of amides is 4. The number of aromatic nitrogens is 1. The number of aromatic amines is 1. The third-order valence-corrected chi connectivity index (χ3v) is 9.68. The van der Waals surface area contributed by atoms with Gasteiger partial charge in [-0.2, -0.15) is 0 Å². The summed E-state index contributed by atoms with van der Waals surface area (Å²) in [4.78, 5) is 68.7. The van der Waals surface area contributed by atoms with Crippen molar-refractivity contribution in [2.45, 2.75) is 88.8 Å². The second kappa shape index (κ2) is 13.0. The lowest BCUT2D eigenvalue weighted by Crippen LogP contribution is -2.53. The number of hydrogen-bond acceptors (Lipinski definition) is 5. The maximum atomic E-state index is 13.6. The Morgan fingerprint density at radius 2 is 1.77 bits per heavy atom. The molecule has 2 aromatic rings. The molecule has 43 heavy (non-hydrogen) atoms. The molecule has 2 saturated heterocycles. The van der Waals surface area contributed by atoms with Crippen LogP contribution >= 0.6 is 11.6 Å². The number of benzene rings is 1. The number of halogens is 1. The van der Waals surface area contributed by atoms with Crippen LogP contribution in [0.15, 0.2) is 24.3 Å². The van der Waals surface area contributed by atoms with Crippen LogP contribution in [0.3, 0.4) is 0 Å². The number of fused-ring (bicyclic) bond motifs is 1. The van der Waals surface area contributed by atoms with Crippen LogP contribution in [0, 0.1) is 11.8 Å². The van der Waals surface area contributed by atoms with Crippen LogP contribution in [0.4, 0.5) is 0 Å². The number of likely N-dealkylation sites (tertiary alicyclic amines) is 1. The molecule has 3 fully saturated rings. The number of rotatable bonds is 9. The fraction of sp³-hybridized carbons (Fsp3) is 0.581. The van der Waals surface area contributed by atoms with Gasteiger partial charge in [0.05, 0.1) is 0 Å². The summed E-state index contributed by atoms with van der Waals surface area (Å²) in [5.74, 6) is -2.87. The minimum absolute atomic E-state index is 0.00631. The van der Waals surface area contributed by atoms with Gasteiger partial charge in [-0.1, -0.05) is 43.7 Å². The van der Waals surface area contributed by atoms with E-state index in [-0.39, 0.29) is 29.8 Å². The van der Waals surface area contributed by atoms with Gasteiger partial charge in [0.15, 0.2) is 0 Å². The monoisotopic (exact) mass is 613 g/mol. The molecule has 1 spiro atoms. The summed E-state index contributed by atoms with van der Waals surface area (Å²) in [7, 11) is 0. The Balaban J connectivity index is 1.26. The van der Waals surface area contributed by atoms with Gasteiger partial charge in [0, 0.05) is 47.4 Å². The van der Waals surface area contributed by atoms with E-state index in [1.165, 1.54) is 6.92 Å². The Kier molecular flexibility index (Phi) is 9.29. The Morgan fingerprint density at radius 1 is 1.05 bits per heavy atom. The zero-order valence-corrected chi connectivity index (χ0v) is 25.2. The molecule has 1 aromatic heterocycles. The van der Waals surface area contributed by atoms with Crippen LogP contribution < -0.4 is 16.0 Å². The van der Waals surface area contributed by atoms with E-state index in [2.05, 4.69) is 20.9 Å². The van der Waals surface area contributed by atoms with Gasteiger partial charge in [-0.05, 0) is 62.3 Å². The first-order valence-electron chi connectivity index (χ1n) is 15.2. The summed E-state index contributed by atoms with van der Waals surface area (Å²) in [5, 5.41) is 19.9. The van der Waals surface area contributed by atoms with E-state index in [0.29, 0.717) is 43.8 Å². The molecule has 3 atom stereocenters. The van der Waals surface area contributed by atoms with Gasteiger partial charge in [0.25, 0.3) is 5.91 Å². The Labute approximate surface area is 255 Å². The highest BCUT2D eigenvalue weighted by Crippen LogP contribution is 2.36. The van der Waals surface area contributed by atoms with Gasteiger partial charge in [-0.15, -0.1) is 0 Å². The van der Waals surface area contributed by atoms with Crippen molar-refractivity contribution in [1.82, 2.24) is 25.8 Å². The zero-order valence-electron chi connectivity index (χ0n) is 24.4. The van der Waals surface area contributed by atoms with E-state index >= 15 is 0 Å². The van der Waals surface area contributed by atoms with E-state index in [0.717, 1.165) is 43.0 Å². The van der Waals surface area contributed by atoms with Crippen molar-refractivity contribution in [1.29, 1.82) is 0 Å². The number of H-pyrrole nitrogens is 1. The lowest BCUT2D eigenvalue weighted by molar-refractivity contribution is -0.143. The molecule has 3 heterocycles. The van der Waals surface area contributed by atoms with E-state index < -0.39 is 41.3 Å². The largest absolute Gasteiger partial charge is 0.480 e. The number of carbonyl (C=O) groups is 5. The van der Waals surface area contributed by atoms with Crippen LogP contribution in [0.1, 0.15) is 81.6 Å². The second-order valence-electron chi connectivity index (χ2n) is 12.5. The molecule has 11 nitrogen and oxygen atoms in total. The summed E-state index contributed by atoms with van der Waals surface area (Å²) < 4.78 is 0. The van der Waals surface area contributed by atoms with Crippen LogP contribution in [0.5, 0.6) is 0 Å². The minimum atomic E-state index is -1.29. The number of carboxylic acid groups (broad SMARTS) is 1. The van der Waals surface area contributed by atoms with Crippen molar-refractivity contribution < 1.29 is 29.1 Å². The molecule has 232 valence electrons. The molecule has 5 N–H and O–H groups in total. The Hall–Kier alpha value is -3.60. The zero-order chi connectivity index (χ0) is 30.7. The molecular formula is C31H40ClN5O6. The number of carboxylic acids is 1. The predicted octanol–water partition coefficient (Wildman–Crippen LogP) is 3.37. The first-order valence-corrected chi connectivity index (χ1v) is 15.6. The fourth-order valence-electron chi connectivity index (χ4n) is 6.98. The van der Waals surface area contributed by atoms with Crippen molar-refractivity contribution in [2.75, 3.05) is 13.1 Å². The summed E-state index contributed by atoms with van der Waals surface area (Å²) in [6.45, 7) is 2.59. The van der Waals surface area contributed by atoms with Crippen molar-refractivity contribution in [2.24, 2.45) is 11.8 Å². The van der Waals surface area contributed by atoms with Crippen molar-refractivity contribution in [3.05, 3.63) is 35.0 Å². The highest BCUT2D eigenvalue weighted by Gasteiger charge is 2.47. The first-order chi connectivity index (χ1) is 20.5. The summed E-state index contributed by atoms with van der Waals surface area (Å²) >= 11 is 6.09. The molecule has 2 unspecified atom stereocenters. The molecule has 3 aliphatic rings. The third-order valence-electron chi connectivity index (χ3n) is 9.44. The van der Waals surface area contributed by atoms with Gasteiger partial charge in [-0.3, -0.25) is 19.2 Å². The van der Waals surface area contributed by atoms with E-state index in [1.54, 1.807) is 29.2 Å². The van der Waals surface area contributed by atoms with E-state index in [1.807, 2.05) is 0 Å². The molecule has 1 aromatic carbocycles. The van der Waals surface area contributed by atoms with Gasteiger partial charge in [-0.25, -0.2) is 4.79 Å². The van der Waals surface area contributed by atoms with Crippen LogP contribution in [-0.4, -0.2) is 75.3 Å². The molecule has 12 heteroatoms.